The Kier molecular flexibility index (Phi) is 12.7. The molecular formula is C47H66N6O16. The highest BCUT2D eigenvalue weighted by Crippen LogP contribution is 2.65. The number of carbonyl (C=O) groups excluding carboxylic acids is 2. The Bertz CT molecular complexity index is 2110. The summed E-state index contributed by atoms with van der Waals surface area (Å²) in [6.45, 7) is 0.738. The van der Waals surface area contributed by atoms with E-state index in [0.717, 1.165) is 64.2 Å². The topological polar surface area (TPSA) is 359 Å². The molecule has 13 aliphatic rings. The second kappa shape index (κ2) is 17.8. The van der Waals surface area contributed by atoms with E-state index < -0.39 is 102 Å². The van der Waals surface area contributed by atoms with Gasteiger partial charge in [-0.1, -0.05) is 0 Å². The first-order valence-electron chi connectivity index (χ1n) is 24.8. The van der Waals surface area contributed by atoms with Crippen LogP contribution in [-0.4, -0.2) is 190 Å². The predicted molar refractivity (Wildman–Crippen MR) is 230 cm³/mol. The van der Waals surface area contributed by atoms with Gasteiger partial charge in [-0.15, -0.1) is 0 Å². The van der Waals surface area contributed by atoms with Crippen molar-refractivity contribution in [3.8, 4) is 12.1 Å². The maximum Gasteiger partial charge on any atom is 0.335 e. The highest BCUT2D eigenvalue weighted by molar-refractivity contribution is 5.84. The minimum Gasteiger partial charge on any atom is -0.479 e. The van der Waals surface area contributed by atoms with Crippen LogP contribution < -0.4 is 11.1 Å². The van der Waals surface area contributed by atoms with Crippen LogP contribution in [0.2, 0.25) is 0 Å². The average Bonchev–Trinajstić information content (AvgIpc) is 3.69. The lowest BCUT2D eigenvalue weighted by molar-refractivity contribution is -0.341. The number of aliphatic carboxylic acids is 2. The zero-order valence-corrected chi connectivity index (χ0v) is 38.4. The van der Waals surface area contributed by atoms with Crippen molar-refractivity contribution in [1.29, 1.82) is 10.5 Å². The molecule has 9 saturated carbocycles. The highest BCUT2D eigenvalue weighted by Gasteiger charge is 2.65. The largest absolute Gasteiger partial charge is 0.479 e. The second-order valence-electron chi connectivity index (χ2n) is 23.0. The molecule has 4 unspecified atom stereocenters. The normalized spacial score (nSPS) is 50.1. The first kappa shape index (κ1) is 49.0. The van der Waals surface area contributed by atoms with Crippen LogP contribution in [0.15, 0.2) is 0 Å². The van der Waals surface area contributed by atoms with Crippen LogP contribution in [-0.2, 0) is 38.1 Å². The smallest absolute Gasteiger partial charge is 0.335 e. The van der Waals surface area contributed by atoms with Crippen molar-refractivity contribution in [2.45, 2.75) is 205 Å². The van der Waals surface area contributed by atoms with Crippen LogP contribution in [0.3, 0.4) is 0 Å². The molecule has 11 N–H and O–H groups in total. The molecule has 2 amide bonds. The Balaban J connectivity index is 0.000000160. The van der Waals surface area contributed by atoms with Crippen molar-refractivity contribution >= 4 is 23.8 Å². The molecule has 0 aromatic rings. The molecule has 0 spiro atoms. The maximum atomic E-state index is 13.6. The number of aliphatic hydroxyl groups is 6. The summed E-state index contributed by atoms with van der Waals surface area (Å²) in [5.41, 5.74) is 4.43. The standard InChI is InChI=1S/C24H33N3O8.C23H33N3O8/c25-8-13-2-12-3-14(12)27(13)20(31)19(26)23-4-10-1-11(5-23)7-24(6-10,9-23)35-22-17(30)15(28)16(29)18(34-22)21(32)33;24-9-14-2-1-3-26(14)15(27)10-25-22-5-12-4-13(6-22)8-23(7-12,11-22)34-21-18(30)16(28)17(29)19(33-21)20(31)32/h10-19,22,28-30H,1-7,9,26H2,(H,32,33);12-14,16-19,21,25,28-30H,1-8,10-11H2,(H,31,32)/t10?,11?,12-,13+,14+,15-,16-,17+,18-,19+,22-,23?,24?;12?,13?,14-,16-,17-,18+,19-,21-,22?,23?/m00/s1. The van der Waals surface area contributed by atoms with Gasteiger partial charge in [0.15, 0.2) is 24.8 Å². The van der Waals surface area contributed by atoms with Crippen molar-refractivity contribution in [2.75, 3.05) is 13.1 Å². The van der Waals surface area contributed by atoms with Gasteiger partial charge in [-0.2, -0.15) is 10.5 Å². The number of aliphatic hydroxyl groups excluding tert-OH is 6. The minimum atomic E-state index is -1.78. The first-order valence-corrected chi connectivity index (χ1v) is 24.8. The van der Waals surface area contributed by atoms with Crippen molar-refractivity contribution in [2.24, 2.45) is 40.7 Å². The van der Waals surface area contributed by atoms with E-state index in [2.05, 4.69) is 17.5 Å². The van der Waals surface area contributed by atoms with Crippen molar-refractivity contribution in [3.05, 3.63) is 0 Å². The van der Waals surface area contributed by atoms with E-state index in [9.17, 15) is 70.6 Å². The summed E-state index contributed by atoms with van der Waals surface area (Å²) in [5, 5.41) is 103. The van der Waals surface area contributed by atoms with Gasteiger partial charge >= 0.3 is 11.9 Å². The highest BCUT2D eigenvalue weighted by atomic mass is 16.7. The molecule has 8 bridgehead atoms. The van der Waals surface area contributed by atoms with Crippen LogP contribution in [0.1, 0.15) is 103 Å². The Morgan fingerprint density at radius 3 is 1.70 bits per heavy atom. The second-order valence-corrected chi connectivity index (χ2v) is 23.0. The Hall–Kier alpha value is -3.62. The molecule has 0 radical (unpaired) electrons. The number of hydrogen-bond acceptors (Lipinski definition) is 18. The third-order valence-corrected chi connectivity index (χ3v) is 18.2. The van der Waals surface area contributed by atoms with Crippen LogP contribution in [0.4, 0.5) is 0 Å². The first-order chi connectivity index (χ1) is 32.7. The fraction of sp³-hybridized carbons (Fsp3) is 0.872. The fourth-order valence-electron chi connectivity index (χ4n) is 15.9. The molecule has 69 heavy (non-hydrogen) atoms. The quantitative estimate of drug-likeness (QED) is 0.109. The van der Waals surface area contributed by atoms with Crippen LogP contribution >= 0.6 is 0 Å². The molecule has 4 aliphatic heterocycles. The lowest BCUT2D eigenvalue weighted by atomic mass is 9.46. The number of rotatable bonds is 11. The Morgan fingerprint density at radius 1 is 0.681 bits per heavy atom. The number of nitriles is 2. The third kappa shape index (κ3) is 8.63. The maximum absolute atomic E-state index is 13.6. The van der Waals surface area contributed by atoms with Crippen molar-refractivity contribution in [3.63, 3.8) is 0 Å². The molecule has 9 aliphatic carbocycles. The van der Waals surface area contributed by atoms with Gasteiger partial charge in [0.1, 0.15) is 48.7 Å². The summed E-state index contributed by atoms with van der Waals surface area (Å²) in [4.78, 5) is 52.8. The van der Waals surface area contributed by atoms with Crippen LogP contribution in [0.25, 0.3) is 0 Å². The van der Waals surface area contributed by atoms with E-state index in [1.807, 2.05) is 0 Å². The van der Waals surface area contributed by atoms with Crippen molar-refractivity contribution in [1.82, 2.24) is 15.1 Å². The third-order valence-electron chi connectivity index (χ3n) is 18.2. The number of carboxylic acid groups (broad SMARTS) is 2. The lowest BCUT2D eigenvalue weighted by Gasteiger charge is -2.63. The molecular weight excluding hydrogens is 905 g/mol. The summed E-state index contributed by atoms with van der Waals surface area (Å²) in [6.07, 6.45) is -3.98. The molecule has 13 fully saturated rings. The number of nitrogens with zero attached hydrogens (tertiary/aromatic N) is 4. The number of fused-ring (bicyclic) bond motifs is 1. The number of nitrogens with two attached hydrogens (primary N) is 1. The van der Waals surface area contributed by atoms with Crippen molar-refractivity contribution < 1.29 is 79.0 Å². The average molecular weight is 971 g/mol. The summed E-state index contributed by atoms with van der Waals surface area (Å²) >= 11 is 0. The SMILES string of the molecule is N#C[C@@H]1CCCN1C(=O)CNC12CC3CC(C1)CC(O[C@@H]1O[C@H](C(=O)O)[C@@H](O)[C@H](O)[C@H]1O)(C3)C2.N#C[C@H]1C[C@H]2C[C@H]2N1C(=O)[C@@H](N)C12CC3CC(CC(O[C@@H]4O[C@H](C(=O)O)[C@@H](O)[C@H](O)[C@H]4O)(C3)C1)C2. The van der Waals surface area contributed by atoms with Gasteiger partial charge in [0.2, 0.25) is 11.8 Å². The van der Waals surface area contributed by atoms with Gasteiger partial charge in [-0.05, 0) is 138 Å². The van der Waals surface area contributed by atoms with E-state index in [0.29, 0.717) is 62.8 Å². The van der Waals surface area contributed by atoms with Gasteiger partial charge in [0.25, 0.3) is 0 Å². The summed E-state index contributed by atoms with van der Waals surface area (Å²) in [6, 6.07) is 3.01. The van der Waals surface area contributed by atoms with E-state index >= 15 is 0 Å². The summed E-state index contributed by atoms with van der Waals surface area (Å²) < 4.78 is 23.4. The number of carbonyl (C=O) groups is 4. The zero-order chi connectivity index (χ0) is 49.1. The Labute approximate surface area is 398 Å². The van der Waals surface area contributed by atoms with Gasteiger partial charge in [0.05, 0.1) is 35.9 Å². The molecule has 22 nitrogen and oxygen atoms in total. The van der Waals surface area contributed by atoms with Crippen LogP contribution in [0.5, 0.6) is 0 Å². The monoisotopic (exact) mass is 970 g/mol. The number of likely N-dealkylation sites (tertiary alicyclic amines) is 2. The van der Waals surface area contributed by atoms with Gasteiger partial charge < -0.3 is 80.6 Å². The molecule has 0 aromatic heterocycles. The van der Waals surface area contributed by atoms with E-state index in [-0.39, 0.29) is 47.8 Å². The summed E-state index contributed by atoms with van der Waals surface area (Å²) in [5.74, 6) is -1.51. The number of amides is 2. The number of piperidine rings is 1. The molecule has 0 aromatic carbocycles. The molecule has 380 valence electrons. The van der Waals surface area contributed by atoms with E-state index in [1.165, 1.54) is 0 Å². The molecule has 4 saturated heterocycles. The fourth-order valence-corrected chi connectivity index (χ4v) is 15.9. The minimum absolute atomic E-state index is 0.0813. The molecule has 19 atom stereocenters. The summed E-state index contributed by atoms with van der Waals surface area (Å²) in [7, 11) is 0. The lowest BCUT2D eigenvalue weighted by Crippen LogP contribution is -2.68. The molecule has 4 heterocycles. The van der Waals surface area contributed by atoms with Crippen LogP contribution in [0, 0.1) is 57.7 Å². The molecule has 13 rings (SSSR count). The number of nitrogens with one attached hydrogen (secondary N) is 1. The van der Waals surface area contributed by atoms with E-state index in [4.69, 9.17) is 24.7 Å². The molecule has 22 heteroatoms. The Morgan fingerprint density at radius 2 is 1.19 bits per heavy atom. The van der Waals surface area contributed by atoms with Gasteiger partial charge in [-0.3, -0.25) is 9.59 Å². The zero-order valence-electron chi connectivity index (χ0n) is 38.4. The van der Waals surface area contributed by atoms with Gasteiger partial charge in [0, 0.05) is 18.1 Å². The number of hydrogen-bond donors (Lipinski definition) is 10. The van der Waals surface area contributed by atoms with Gasteiger partial charge in [-0.25, -0.2) is 9.59 Å². The van der Waals surface area contributed by atoms with E-state index in [1.54, 1.807) is 9.80 Å². The predicted octanol–water partition coefficient (Wildman–Crippen LogP) is -1.83. The number of carboxylic acids is 2. The number of ether oxygens (including phenoxy) is 4.